The van der Waals surface area contributed by atoms with Crippen LogP contribution in [0.3, 0.4) is 0 Å². The summed E-state index contributed by atoms with van der Waals surface area (Å²) in [4.78, 5) is 25.8. The van der Waals surface area contributed by atoms with Crippen LogP contribution in [0.5, 0.6) is 0 Å². The monoisotopic (exact) mass is 388 g/mol. The number of amides is 1. The molecule has 1 amide bonds. The summed E-state index contributed by atoms with van der Waals surface area (Å²) in [7, 11) is 3.84. The predicted octanol–water partition coefficient (Wildman–Crippen LogP) is 3.46. The van der Waals surface area contributed by atoms with E-state index in [0.717, 1.165) is 36.9 Å². The summed E-state index contributed by atoms with van der Waals surface area (Å²) in [6.07, 6.45) is 5.63. The van der Waals surface area contributed by atoms with Crippen molar-refractivity contribution in [2.45, 2.75) is 31.1 Å². The van der Waals surface area contributed by atoms with Gasteiger partial charge in [0.25, 0.3) is 5.91 Å². The molecule has 7 heteroatoms. The lowest BCUT2D eigenvalue weighted by atomic mass is 9.77. The van der Waals surface area contributed by atoms with Crippen LogP contribution in [0.2, 0.25) is 5.02 Å². The number of anilines is 1. The molecular formula is C20H22ClFN4O. The molecule has 142 valence electrons. The number of likely N-dealkylation sites (tertiary alicyclic amines) is 1. The van der Waals surface area contributed by atoms with Crippen molar-refractivity contribution in [2.24, 2.45) is 0 Å². The maximum absolute atomic E-state index is 14.2. The molecule has 2 heterocycles. The standard InChI is InChI=1S/C20H22ClFN4O/c1-25(2)19-23-11-13-6-8-20(17(13)24-19)7-3-9-26(12-20)18(27)15-5-4-14(21)10-16(15)22/h4-5,10-11H,3,6-9,12H2,1-2H3. The lowest BCUT2D eigenvalue weighted by Crippen LogP contribution is -2.48. The van der Waals surface area contributed by atoms with Crippen molar-refractivity contribution < 1.29 is 9.18 Å². The predicted molar refractivity (Wildman–Crippen MR) is 103 cm³/mol. The number of nitrogens with zero attached hydrogens (tertiary/aromatic N) is 4. The number of aryl methyl sites for hydroxylation is 1. The average Bonchev–Trinajstić information content (AvgIpc) is 2.98. The first kappa shape index (κ1) is 18.2. The molecule has 2 aromatic rings. The third kappa shape index (κ3) is 3.16. The second kappa shape index (κ2) is 6.75. The van der Waals surface area contributed by atoms with E-state index in [9.17, 15) is 9.18 Å². The number of piperidine rings is 1. The lowest BCUT2D eigenvalue weighted by Gasteiger charge is -2.40. The van der Waals surface area contributed by atoms with Crippen LogP contribution in [0, 0.1) is 5.82 Å². The fourth-order valence-corrected chi connectivity index (χ4v) is 4.44. The van der Waals surface area contributed by atoms with Gasteiger partial charge in [0, 0.05) is 43.8 Å². The fourth-order valence-electron chi connectivity index (χ4n) is 4.28. The van der Waals surface area contributed by atoms with Gasteiger partial charge in [-0.25, -0.2) is 14.4 Å². The van der Waals surface area contributed by atoms with Gasteiger partial charge in [-0.2, -0.15) is 0 Å². The second-order valence-corrected chi connectivity index (χ2v) is 8.11. The highest BCUT2D eigenvalue weighted by molar-refractivity contribution is 6.30. The fraction of sp³-hybridized carbons (Fsp3) is 0.450. The van der Waals surface area contributed by atoms with Gasteiger partial charge in [0.1, 0.15) is 5.82 Å². The van der Waals surface area contributed by atoms with Gasteiger partial charge in [0.05, 0.1) is 11.3 Å². The normalized spacial score (nSPS) is 21.4. The van der Waals surface area contributed by atoms with Gasteiger partial charge >= 0.3 is 0 Å². The molecule has 1 spiro atoms. The zero-order chi connectivity index (χ0) is 19.2. The number of rotatable bonds is 2. The van der Waals surface area contributed by atoms with E-state index in [4.69, 9.17) is 16.6 Å². The molecule has 27 heavy (non-hydrogen) atoms. The van der Waals surface area contributed by atoms with E-state index >= 15 is 0 Å². The number of hydrogen-bond acceptors (Lipinski definition) is 4. The molecule has 4 rings (SSSR count). The van der Waals surface area contributed by atoms with Crippen LogP contribution >= 0.6 is 11.6 Å². The molecule has 1 saturated heterocycles. The van der Waals surface area contributed by atoms with Gasteiger partial charge in [0.2, 0.25) is 5.95 Å². The summed E-state index contributed by atoms with van der Waals surface area (Å²) in [5.41, 5.74) is 2.12. The SMILES string of the molecule is CN(C)c1ncc2c(n1)C1(CCCN(C(=O)c3ccc(Cl)cc3F)C1)CC2. The first-order chi connectivity index (χ1) is 12.9. The smallest absolute Gasteiger partial charge is 0.256 e. The molecule has 1 aromatic carbocycles. The lowest BCUT2D eigenvalue weighted by molar-refractivity contribution is 0.0629. The van der Waals surface area contributed by atoms with E-state index in [0.29, 0.717) is 19.0 Å². The molecule has 0 radical (unpaired) electrons. The Morgan fingerprint density at radius 3 is 2.89 bits per heavy atom. The Hall–Kier alpha value is -2.21. The van der Waals surface area contributed by atoms with E-state index in [1.54, 1.807) is 11.0 Å². The zero-order valence-corrected chi connectivity index (χ0v) is 16.3. The molecule has 1 aliphatic carbocycles. The number of aromatic nitrogens is 2. The van der Waals surface area contributed by atoms with E-state index in [1.165, 1.54) is 12.1 Å². The highest BCUT2D eigenvalue weighted by atomic mass is 35.5. The third-order valence-corrected chi connectivity index (χ3v) is 5.89. The maximum Gasteiger partial charge on any atom is 0.256 e. The van der Waals surface area contributed by atoms with Crippen molar-refractivity contribution in [3.05, 3.63) is 52.1 Å². The zero-order valence-electron chi connectivity index (χ0n) is 15.5. The minimum Gasteiger partial charge on any atom is -0.347 e. The maximum atomic E-state index is 14.2. The average molecular weight is 389 g/mol. The van der Waals surface area contributed by atoms with Crippen molar-refractivity contribution >= 4 is 23.5 Å². The summed E-state index contributed by atoms with van der Waals surface area (Å²) < 4.78 is 14.2. The van der Waals surface area contributed by atoms with E-state index in [-0.39, 0.29) is 21.9 Å². The van der Waals surface area contributed by atoms with Gasteiger partial charge in [0.15, 0.2) is 0 Å². The minimum absolute atomic E-state index is 0.0753. The van der Waals surface area contributed by atoms with Crippen molar-refractivity contribution in [3.63, 3.8) is 0 Å². The van der Waals surface area contributed by atoms with Gasteiger partial charge in [-0.3, -0.25) is 4.79 Å². The Balaban J connectivity index is 1.65. The van der Waals surface area contributed by atoms with E-state index < -0.39 is 5.82 Å². The Morgan fingerprint density at radius 2 is 2.15 bits per heavy atom. The van der Waals surface area contributed by atoms with E-state index in [1.807, 2.05) is 25.2 Å². The Morgan fingerprint density at radius 1 is 1.33 bits per heavy atom. The van der Waals surface area contributed by atoms with Gasteiger partial charge < -0.3 is 9.80 Å². The topological polar surface area (TPSA) is 49.3 Å². The van der Waals surface area contributed by atoms with Crippen molar-refractivity contribution in [1.82, 2.24) is 14.9 Å². The Bertz CT molecular complexity index is 900. The second-order valence-electron chi connectivity index (χ2n) is 7.67. The molecule has 0 N–H and O–H groups in total. The van der Waals surface area contributed by atoms with Crippen molar-refractivity contribution in [3.8, 4) is 0 Å². The summed E-state index contributed by atoms with van der Waals surface area (Å²) in [5.74, 6) is -0.169. The molecule has 1 fully saturated rings. The van der Waals surface area contributed by atoms with Gasteiger partial charge in [-0.05, 0) is 49.4 Å². The highest BCUT2D eigenvalue weighted by Crippen LogP contribution is 2.44. The highest BCUT2D eigenvalue weighted by Gasteiger charge is 2.45. The first-order valence-corrected chi connectivity index (χ1v) is 9.55. The molecule has 2 aliphatic rings. The van der Waals surface area contributed by atoms with Gasteiger partial charge in [-0.15, -0.1) is 0 Å². The number of halogens is 2. The number of carbonyl (C=O) groups excluding carboxylic acids is 1. The quantitative estimate of drug-likeness (QED) is 0.790. The molecule has 5 nitrogen and oxygen atoms in total. The van der Waals surface area contributed by atoms with Crippen LogP contribution in [-0.2, 0) is 11.8 Å². The summed E-state index contributed by atoms with van der Waals surface area (Å²) in [6, 6.07) is 4.21. The molecule has 1 aromatic heterocycles. The summed E-state index contributed by atoms with van der Waals surface area (Å²) in [6.45, 7) is 1.19. The minimum atomic E-state index is -0.573. The van der Waals surface area contributed by atoms with Crippen LogP contribution in [0.25, 0.3) is 0 Å². The number of benzene rings is 1. The number of hydrogen-bond donors (Lipinski definition) is 0. The summed E-state index contributed by atoms with van der Waals surface area (Å²) in [5, 5.41) is 0.289. The first-order valence-electron chi connectivity index (χ1n) is 9.18. The van der Waals surface area contributed by atoms with Crippen molar-refractivity contribution in [1.29, 1.82) is 0 Å². The van der Waals surface area contributed by atoms with Crippen LogP contribution in [0.1, 0.15) is 40.9 Å². The van der Waals surface area contributed by atoms with Crippen LogP contribution in [0.15, 0.2) is 24.4 Å². The van der Waals surface area contributed by atoms with Gasteiger partial charge in [-0.1, -0.05) is 11.6 Å². The van der Waals surface area contributed by atoms with E-state index in [2.05, 4.69) is 4.98 Å². The molecule has 1 atom stereocenters. The molecular weight excluding hydrogens is 367 g/mol. The Kier molecular flexibility index (Phi) is 4.54. The third-order valence-electron chi connectivity index (χ3n) is 5.65. The van der Waals surface area contributed by atoms with Crippen LogP contribution in [0.4, 0.5) is 10.3 Å². The molecule has 0 saturated carbocycles. The largest absolute Gasteiger partial charge is 0.347 e. The summed E-state index contributed by atoms with van der Waals surface area (Å²) >= 11 is 5.82. The molecule has 0 bridgehead atoms. The van der Waals surface area contributed by atoms with Crippen LogP contribution < -0.4 is 4.90 Å². The van der Waals surface area contributed by atoms with Crippen LogP contribution in [-0.4, -0.2) is 48.0 Å². The molecule has 1 unspecified atom stereocenters. The Labute approximate surface area is 163 Å². The molecule has 1 aliphatic heterocycles. The van der Waals surface area contributed by atoms with Crippen molar-refractivity contribution in [2.75, 3.05) is 32.1 Å². The number of fused-ring (bicyclic) bond motifs is 2. The number of carbonyl (C=O) groups is 1.